The number of rotatable bonds is 6. The molecule has 1 aliphatic heterocycles. The highest BCUT2D eigenvalue weighted by Crippen LogP contribution is 2.39. The largest absolute Gasteiger partial charge is 0.496 e. The number of hydrogen-bond donors (Lipinski definition) is 1. The molecule has 1 aromatic carbocycles. The topological polar surface area (TPSA) is 30.5 Å². The lowest BCUT2D eigenvalue weighted by Gasteiger charge is -2.29. The summed E-state index contributed by atoms with van der Waals surface area (Å²) in [6, 6.07) is 6.49. The summed E-state index contributed by atoms with van der Waals surface area (Å²) in [7, 11) is 1.73. The molecule has 4 heteroatoms. The molecule has 0 aromatic heterocycles. The standard InChI is InChI=1S/C16H24BrNO2/c1-4-14-12(8-9-20-14)16(18-5-2)13-10-11(17)6-7-15(13)19-3/h6-7,10,12,14,16,18H,4-5,8-9H2,1-3H3. The molecule has 1 aliphatic rings. The van der Waals surface area contributed by atoms with Gasteiger partial charge in [0, 0.05) is 28.6 Å². The first kappa shape index (κ1) is 15.8. The minimum Gasteiger partial charge on any atom is -0.496 e. The summed E-state index contributed by atoms with van der Waals surface area (Å²) in [5.41, 5.74) is 1.22. The number of hydrogen-bond acceptors (Lipinski definition) is 3. The van der Waals surface area contributed by atoms with Gasteiger partial charge in [-0.25, -0.2) is 0 Å². The molecule has 0 aliphatic carbocycles. The zero-order valence-electron chi connectivity index (χ0n) is 12.5. The molecule has 0 spiro atoms. The number of benzene rings is 1. The average Bonchev–Trinajstić information content (AvgIpc) is 2.93. The van der Waals surface area contributed by atoms with Crippen molar-refractivity contribution in [3.05, 3.63) is 28.2 Å². The number of ether oxygens (including phenoxy) is 2. The van der Waals surface area contributed by atoms with Gasteiger partial charge in [0.2, 0.25) is 0 Å². The summed E-state index contributed by atoms with van der Waals surface area (Å²) in [6.07, 6.45) is 2.50. The van der Waals surface area contributed by atoms with E-state index in [-0.39, 0.29) is 6.04 Å². The zero-order chi connectivity index (χ0) is 14.5. The average molecular weight is 342 g/mol. The van der Waals surface area contributed by atoms with Crippen molar-refractivity contribution in [2.75, 3.05) is 20.3 Å². The summed E-state index contributed by atoms with van der Waals surface area (Å²) in [5.74, 6) is 1.45. The molecule has 3 unspecified atom stereocenters. The summed E-state index contributed by atoms with van der Waals surface area (Å²) >= 11 is 3.57. The molecule has 112 valence electrons. The van der Waals surface area contributed by atoms with E-state index < -0.39 is 0 Å². The molecule has 0 saturated carbocycles. The van der Waals surface area contributed by atoms with Gasteiger partial charge in [0.25, 0.3) is 0 Å². The van der Waals surface area contributed by atoms with E-state index in [1.807, 2.05) is 12.1 Å². The monoisotopic (exact) mass is 341 g/mol. The summed E-state index contributed by atoms with van der Waals surface area (Å²) < 4.78 is 12.5. The molecule has 1 saturated heterocycles. The van der Waals surface area contributed by atoms with Gasteiger partial charge in [-0.1, -0.05) is 29.8 Å². The van der Waals surface area contributed by atoms with Crippen LogP contribution in [0.25, 0.3) is 0 Å². The molecule has 3 atom stereocenters. The molecule has 0 bridgehead atoms. The second-order valence-electron chi connectivity index (χ2n) is 5.19. The van der Waals surface area contributed by atoms with Crippen molar-refractivity contribution in [2.24, 2.45) is 5.92 Å². The summed E-state index contributed by atoms with van der Waals surface area (Å²) in [5, 5.41) is 3.63. The van der Waals surface area contributed by atoms with Crippen LogP contribution in [0.5, 0.6) is 5.75 Å². The van der Waals surface area contributed by atoms with E-state index >= 15 is 0 Å². The second kappa shape index (κ2) is 7.43. The first-order valence-electron chi connectivity index (χ1n) is 7.39. The number of nitrogens with one attached hydrogen (secondary N) is 1. The third-order valence-electron chi connectivity index (χ3n) is 4.04. The van der Waals surface area contributed by atoms with Crippen molar-refractivity contribution in [3.63, 3.8) is 0 Å². The van der Waals surface area contributed by atoms with Gasteiger partial charge in [-0.3, -0.25) is 0 Å². The van der Waals surface area contributed by atoms with Crippen LogP contribution in [0.2, 0.25) is 0 Å². The highest BCUT2D eigenvalue weighted by molar-refractivity contribution is 9.10. The fraction of sp³-hybridized carbons (Fsp3) is 0.625. The summed E-state index contributed by atoms with van der Waals surface area (Å²) in [6.45, 7) is 6.15. The van der Waals surface area contributed by atoms with Crippen molar-refractivity contribution in [3.8, 4) is 5.75 Å². The maximum absolute atomic E-state index is 5.87. The van der Waals surface area contributed by atoms with E-state index in [9.17, 15) is 0 Å². The Morgan fingerprint density at radius 3 is 2.90 bits per heavy atom. The van der Waals surface area contributed by atoms with Crippen molar-refractivity contribution in [1.29, 1.82) is 0 Å². The van der Waals surface area contributed by atoms with Gasteiger partial charge in [0.1, 0.15) is 5.75 Å². The van der Waals surface area contributed by atoms with E-state index in [2.05, 4.69) is 41.2 Å². The van der Waals surface area contributed by atoms with Crippen LogP contribution in [0, 0.1) is 5.92 Å². The van der Waals surface area contributed by atoms with Crippen LogP contribution in [0.4, 0.5) is 0 Å². The Kier molecular flexibility index (Phi) is 5.87. The zero-order valence-corrected chi connectivity index (χ0v) is 14.1. The van der Waals surface area contributed by atoms with Crippen LogP contribution in [-0.4, -0.2) is 26.4 Å². The highest BCUT2D eigenvalue weighted by atomic mass is 79.9. The molecule has 1 fully saturated rings. The van der Waals surface area contributed by atoms with Gasteiger partial charge in [-0.2, -0.15) is 0 Å². The van der Waals surface area contributed by atoms with Crippen LogP contribution in [0.15, 0.2) is 22.7 Å². The van der Waals surface area contributed by atoms with Gasteiger partial charge in [-0.15, -0.1) is 0 Å². The van der Waals surface area contributed by atoms with E-state index in [0.29, 0.717) is 12.0 Å². The first-order valence-corrected chi connectivity index (χ1v) is 8.19. The first-order chi connectivity index (χ1) is 9.71. The molecule has 20 heavy (non-hydrogen) atoms. The van der Waals surface area contributed by atoms with E-state index in [0.717, 1.165) is 36.2 Å². The lowest BCUT2D eigenvalue weighted by molar-refractivity contribution is 0.0773. The Hall–Kier alpha value is -0.580. The van der Waals surface area contributed by atoms with Gasteiger partial charge in [0.05, 0.1) is 13.2 Å². The Labute approximate surface area is 130 Å². The minimum absolute atomic E-state index is 0.278. The Bertz CT molecular complexity index is 438. The van der Waals surface area contributed by atoms with E-state index in [4.69, 9.17) is 9.47 Å². The van der Waals surface area contributed by atoms with Crippen molar-refractivity contribution >= 4 is 15.9 Å². The van der Waals surface area contributed by atoms with Crippen molar-refractivity contribution in [2.45, 2.75) is 38.8 Å². The molecular formula is C16H24BrNO2. The lowest BCUT2D eigenvalue weighted by Crippen LogP contribution is -2.33. The lowest BCUT2D eigenvalue weighted by atomic mass is 9.86. The maximum atomic E-state index is 5.87. The minimum atomic E-state index is 0.278. The smallest absolute Gasteiger partial charge is 0.123 e. The fourth-order valence-electron chi connectivity index (χ4n) is 3.13. The van der Waals surface area contributed by atoms with E-state index in [1.54, 1.807) is 7.11 Å². The van der Waals surface area contributed by atoms with Crippen LogP contribution in [0.1, 0.15) is 38.3 Å². The Morgan fingerprint density at radius 1 is 1.45 bits per heavy atom. The predicted molar refractivity (Wildman–Crippen MR) is 85.2 cm³/mol. The van der Waals surface area contributed by atoms with Gasteiger partial charge in [-0.05, 0) is 37.6 Å². The van der Waals surface area contributed by atoms with Crippen LogP contribution < -0.4 is 10.1 Å². The molecule has 1 aromatic rings. The molecular weight excluding hydrogens is 318 g/mol. The molecule has 1 N–H and O–H groups in total. The third-order valence-corrected chi connectivity index (χ3v) is 4.54. The van der Waals surface area contributed by atoms with Crippen molar-refractivity contribution in [1.82, 2.24) is 5.32 Å². The molecule has 0 amide bonds. The number of halogens is 1. The molecule has 3 nitrogen and oxygen atoms in total. The van der Waals surface area contributed by atoms with Gasteiger partial charge in [0.15, 0.2) is 0 Å². The van der Waals surface area contributed by atoms with Crippen LogP contribution in [-0.2, 0) is 4.74 Å². The van der Waals surface area contributed by atoms with Crippen LogP contribution >= 0.6 is 15.9 Å². The second-order valence-corrected chi connectivity index (χ2v) is 6.11. The Balaban J connectivity index is 2.34. The predicted octanol–water partition coefficient (Wildman–Crippen LogP) is 3.92. The quantitative estimate of drug-likeness (QED) is 0.850. The maximum Gasteiger partial charge on any atom is 0.123 e. The van der Waals surface area contributed by atoms with Crippen LogP contribution in [0.3, 0.4) is 0 Å². The summed E-state index contributed by atoms with van der Waals surface area (Å²) in [4.78, 5) is 0. The van der Waals surface area contributed by atoms with Gasteiger partial charge < -0.3 is 14.8 Å². The normalized spacial score (nSPS) is 23.8. The Morgan fingerprint density at radius 2 is 2.25 bits per heavy atom. The van der Waals surface area contributed by atoms with E-state index in [1.165, 1.54) is 5.56 Å². The van der Waals surface area contributed by atoms with Gasteiger partial charge >= 0.3 is 0 Å². The highest BCUT2D eigenvalue weighted by Gasteiger charge is 2.35. The molecule has 0 radical (unpaired) electrons. The molecule has 1 heterocycles. The molecule has 2 rings (SSSR count). The van der Waals surface area contributed by atoms with Crippen molar-refractivity contribution < 1.29 is 9.47 Å². The SMILES string of the molecule is CCNC(c1cc(Br)ccc1OC)C1CCOC1CC. The third kappa shape index (κ3) is 3.35. The fourth-order valence-corrected chi connectivity index (χ4v) is 3.51. The number of methoxy groups -OCH3 is 1.